The number of hydrogen-bond donors (Lipinski definition) is 2. The molecule has 1 aromatic heterocycles. The van der Waals surface area contributed by atoms with Crippen LogP contribution in [0.1, 0.15) is 26.2 Å². The summed E-state index contributed by atoms with van der Waals surface area (Å²) in [6, 6.07) is 7.50. The number of nitrogens with zero attached hydrogens (tertiary/aromatic N) is 3. The maximum Gasteiger partial charge on any atom is 0.244 e. The first kappa shape index (κ1) is 14.5. The SMILES string of the molecule is CCCCCNc1nncc(Nc2ccccc2Cl)n1. The Bertz CT molecular complexity index is 547. The summed E-state index contributed by atoms with van der Waals surface area (Å²) < 4.78 is 0. The fourth-order valence-corrected chi connectivity index (χ4v) is 1.90. The Morgan fingerprint density at radius 2 is 2.05 bits per heavy atom. The van der Waals surface area contributed by atoms with Gasteiger partial charge in [-0.25, -0.2) is 0 Å². The van der Waals surface area contributed by atoms with E-state index in [1.807, 2.05) is 24.3 Å². The highest BCUT2D eigenvalue weighted by Crippen LogP contribution is 2.23. The van der Waals surface area contributed by atoms with E-state index in [1.165, 1.54) is 12.8 Å². The molecule has 5 nitrogen and oxygen atoms in total. The summed E-state index contributed by atoms with van der Waals surface area (Å²) in [6.45, 7) is 3.03. The standard InChI is InChI=1S/C14H18ClN5/c1-2-3-6-9-16-14-19-13(10-17-20-14)18-12-8-5-4-7-11(12)15/h4-5,7-8,10H,2-3,6,9H2,1H3,(H2,16,18,19,20). The molecule has 0 aliphatic carbocycles. The highest BCUT2D eigenvalue weighted by Gasteiger charge is 2.03. The molecule has 0 spiro atoms. The molecule has 2 aromatic rings. The molecule has 1 aromatic carbocycles. The van der Waals surface area contributed by atoms with Crippen LogP contribution in [0, 0.1) is 0 Å². The Hall–Kier alpha value is -1.88. The molecule has 0 unspecified atom stereocenters. The highest BCUT2D eigenvalue weighted by atomic mass is 35.5. The first-order chi connectivity index (χ1) is 9.79. The Morgan fingerprint density at radius 3 is 2.85 bits per heavy atom. The van der Waals surface area contributed by atoms with Crippen LogP contribution < -0.4 is 10.6 Å². The van der Waals surface area contributed by atoms with E-state index in [0.717, 1.165) is 18.7 Å². The predicted octanol–water partition coefficient (Wildman–Crippen LogP) is 3.87. The molecule has 0 fully saturated rings. The van der Waals surface area contributed by atoms with E-state index >= 15 is 0 Å². The van der Waals surface area contributed by atoms with Crippen LogP contribution in [0.15, 0.2) is 30.5 Å². The zero-order chi connectivity index (χ0) is 14.2. The molecular weight excluding hydrogens is 274 g/mol. The van der Waals surface area contributed by atoms with Gasteiger partial charge in [-0.3, -0.25) is 0 Å². The summed E-state index contributed by atoms with van der Waals surface area (Å²) in [7, 11) is 0. The smallest absolute Gasteiger partial charge is 0.244 e. The van der Waals surface area contributed by atoms with Gasteiger partial charge < -0.3 is 10.6 Å². The van der Waals surface area contributed by atoms with Gasteiger partial charge in [0.1, 0.15) is 0 Å². The molecule has 0 aliphatic rings. The lowest BCUT2D eigenvalue weighted by molar-refractivity contribution is 0.738. The topological polar surface area (TPSA) is 62.7 Å². The van der Waals surface area contributed by atoms with Gasteiger partial charge in [-0.15, -0.1) is 5.10 Å². The molecule has 0 atom stereocenters. The number of unbranched alkanes of at least 4 members (excludes halogenated alkanes) is 2. The highest BCUT2D eigenvalue weighted by molar-refractivity contribution is 6.33. The lowest BCUT2D eigenvalue weighted by Gasteiger charge is -2.08. The molecule has 0 aliphatic heterocycles. The maximum absolute atomic E-state index is 6.09. The van der Waals surface area contributed by atoms with Crippen molar-refractivity contribution in [3.63, 3.8) is 0 Å². The van der Waals surface area contributed by atoms with Crippen LogP contribution in [0.2, 0.25) is 5.02 Å². The predicted molar refractivity (Wildman–Crippen MR) is 82.6 cm³/mol. The zero-order valence-electron chi connectivity index (χ0n) is 11.4. The average molecular weight is 292 g/mol. The molecule has 0 saturated heterocycles. The monoisotopic (exact) mass is 291 g/mol. The Kier molecular flexibility index (Phi) is 5.55. The van der Waals surface area contributed by atoms with Crippen LogP contribution in [-0.2, 0) is 0 Å². The van der Waals surface area contributed by atoms with E-state index in [0.29, 0.717) is 16.8 Å². The summed E-state index contributed by atoms with van der Waals surface area (Å²) in [4.78, 5) is 4.35. The quantitative estimate of drug-likeness (QED) is 0.758. The number of benzene rings is 1. The van der Waals surface area contributed by atoms with Gasteiger partial charge in [0.25, 0.3) is 0 Å². The maximum atomic E-state index is 6.09. The van der Waals surface area contributed by atoms with Gasteiger partial charge in [0.15, 0.2) is 5.82 Å². The fraction of sp³-hybridized carbons (Fsp3) is 0.357. The molecule has 0 amide bonds. The Morgan fingerprint density at radius 1 is 1.20 bits per heavy atom. The molecule has 1 heterocycles. The fourth-order valence-electron chi connectivity index (χ4n) is 1.71. The van der Waals surface area contributed by atoms with Crippen LogP contribution in [0.4, 0.5) is 17.5 Å². The average Bonchev–Trinajstić information content (AvgIpc) is 2.47. The summed E-state index contributed by atoms with van der Waals surface area (Å²) in [5.74, 6) is 1.14. The molecule has 2 rings (SSSR count). The van der Waals surface area contributed by atoms with E-state index in [4.69, 9.17) is 11.6 Å². The van der Waals surface area contributed by atoms with Gasteiger partial charge in [0.05, 0.1) is 16.9 Å². The van der Waals surface area contributed by atoms with E-state index in [2.05, 4.69) is 32.7 Å². The molecule has 0 radical (unpaired) electrons. The molecule has 20 heavy (non-hydrogen) atoms. The minimum atomic E-state index is 0.526. The van der Waals surface area contributed by atoms with Crippen LogP contribution in [0.5, 0.6) is 0 Å². The van der Waals surface area contributed by atoms with Crippen molar-refractivity contribution in [2.45, 2.75) is 26.2 Å². The normalized spacial score (nSPS) is 10.3. The van der Waals surface area contributed by atoms with E-state index in [1.54, 1.807) is 6.20 Å². The van der Waals surface area contributed by atoms with Crippen molar-refractivity contribution in [3.05, 3.63) is 35.5 Å². The first-order valence-electron chi connectivity index (χ1n) is 6.74. The van der Waals surface area contributed by atoms with Crippen molar-refractivity contribution in [2.75, 3.05) is 17.2 Å². The Labute approximate surface area is 123 Å². The van der Waals surface area contributed by atoms with Crippen LogP contribution in [0.25, 0.3) is 0 Å². The summed E-state index contributed by atoms with van der Waals surface area (Å²) in [5.41, 5.74) is 0.798. The van der Waals surface area contributed by atoms with Crippen LogP contribution >= 0.6 is 11.6 Å². The third-order valence-corrected chi connectivity index (χ3v) is 3.09. The number of para-hydroxylation sites is 1. The van der Waals surface area contributed by atoms with Crippen molar-refractivity contribution in [2.24, 2.45) is 0 Å². The van der Waals surface area contributed by atoms with Gasteiger partial charge >= 0.3 is 0 Å². The summed E-state index contributed by atoms with van der Waals surface area (Å²) in [6.07, 6.45) is 5.05. The van der Waals surface area contributed by atoms with Gasteiger partial charge in [-0.05, 0) is 18.6 Å². The lowest BCUT2D eigenvalue weighted by Crippen LogP contribution is -2.07. The number of rotatable bonds is 7. The van der Waals surface area contributed by atoms with Crippen molar-refractivity contribution >= 4 is 29.1 Å². The van der Waals surface area contributed by atoms with Crippen LogP contribution in [-0.4, -0.2) is 21.7 Å². The van der Waals surface area contributed by atoms with Crippen molar-refractivity contribution in [1.29, 1.82) is 0 Å². The number of halogens is 1. The Balaban J connectivity index is 1.97. The second-order valence-electron chi connectivity index (χ2n) is 4.40. The van der Waals surface area contributed by atoms with E-state index < -0.39 is 0 Å². The second kappa shape index (κ2) is 7.65. The second-order valence-corrected chi connectivity index (χ2v) is 4.81. The number of nitrogens with one attached hydrogen (secondary N) is 2. The number of hydrogen-bond acceptors (Lipinski definition) is 5. The first-order valence-corrected chi connectivity index (χ1v) is 7.12. The van der Waals surface area contributed by atoms with Crippen molar-refractivity contribution in [3.8, 4) is 0 Å². The molecule has 2 N–H and O–H groups in total. The van der Waals surface area contributed by atoms with Crippen LogP contribution in [0.3, 0.4) is 0 Å². The van der Waals surface area contributed by atoms with Gasteiger partial charge in [-0.2, -0.15) is 10.1 Å². The minimum Gasteiger partial charge on any atom is -0.353 e. The summed E-state index contributed by atoms with van der Waals surface area (Å²) in [5, 5.41) is 14.8. The third-order valence-electron chi connectivity index (χ3n) is 2.76. The molecular formula is C14H18ClN5. The number of anilines is 3. The third kappa shape index (κ3) is 4.35. The van der Waals surface area contributed by atoms with E-state index in [9.17, 15) is 0 Å². The van der Waals surface area contributed by atoms with Gasteiger partial charge in [-0.1, -0.05) is 43.5 Å². The molecule has 6 heteroatoms. The van der Waals surface area contributed by atoms with Gasteiger partial charge in [0, 0.05) is 6.54 Å². The molecule has 106 valence electrons. The largest absolute Gasteiger partial charge is 0.353 e. The lowest BCUT2D eigenvalue weighted by atomic mass is 10.2. The van der Waals surface area contributed by atoms with Crippen molar-refractivity contribution in [1.82, 2.24) is 15.2 Å². The minimum absolute atomic E-state index is 0.526. The summed E-state index contributed by atoms with van der Waals surface area (Å²) >= 11 is 6.09. The number of aromatic nitrogens is 3. The van der Waals surface area contributed by atoms with E-state index in [-0.39, 0.29) is 0 Å². The zero-order valence-corrected chi connectivity index (χ0v) is 12.2. The molecule has 0 bridgehead atoms. The van der Waals surface area contributed by atoms with Gasteiger partial charge in [0.2, 0.25) is 5.95 Å². The van der Waals surface area contributed by atoms with Crippen molar-refractivity contribution < 1.29 is 0 Å². The molecule has 0 saturated carbocycles.